The molecule has 108 valence electrons. The van der Waals surface area contributed by atoms with Crippen LogP contribution in [0.5, 0.6) is 0 Å². The first-order valence-electron chi connectivity index (χ1n) is 6.75. The molecule has 4 rings (SSSR count). The minimum Gasteiger partial charge on any atom is -0.388 e. The van der Waals surface area contributed by atoms with Crippen LogP contribution in [0.25, 0.3) is 15.8 Å². The molecule has 0 saturated heterocycles. The van der Waals surface area contributed by atoms with Gasteiger partial charge in [-0.25, -0.2) is 0 Å². The van der Waals surface area contributed by atoms with Crippen LogP contribution < -0.4 is 0 Å². The van der Waals surface area contributed by atoms with Gasteiger partial charge in [0.05, 0.1) is 28.1 Å². The Bertz CT molecular complexity index is 794. The largest absolute Gasteiger partial charge is 0.388 e. The molecule has 0 fully saturated rings. The van der Waals surface area contributed by atoms with Crippen LogP contribution in [0.3, 0.4) is 0 Å². The molecule has 3 heterocycles. The van der Waals surface area contributed by atoms with Gasteiger partial charge < -0.3 is 10.0 Å². The van der Waals surface area contributed by atoms with Crippen LogP contribution in [-0.2, 0) is 0 Å². The van der Waals surface area contributed by atoms with Crippen LogP contribution in [0.15, 0.2) is 33.5 Å². The Morgan fingerprint density at radius 1 is 1.38 bits per heavy atom. The number of rotatable bonds is 2. The second-order valence-corrected chi connectivity index (χ2v) is 7.40. The molecule has 0 bridgehead atoms. The van der Waals surface area contributed by atoms with Gasteiger partial charge in [-0.2, -0.15) is 0 Å². The molecule has 0 amide bonds. The number of hydrogen-bond donors (Lipinski definition) is 1. The lowest BCUT2D eigenvalue weighted by Crippen LogP contribution is -2.20. The number of hydrogen-bond acceptors (Lipinski definition) is 5. The first-order chi connectivity index (χ1) is 10.2. The summed E-state index contributed by atoms with van der Waals surface area (Å²) < 4.78 is 1.10. The summed E-state index contributed by atoms with van der Waals surface area (Å²) in [5.74, 6) is 0. The molecule has 3 nitrogen and oxygen atoms in total. The van der Waals surface area contributed by atoms with Crippen LogP contribution in [0.1, 0.15) is 12.5 Å². The van der Waals surface area contributed by atoms with Crippen molar-refractivity contribution in [2.45, 2.75) is 13.0 Å². The zero-order valence-corrected chi connectivity index (χ0v) is 13.7. The highest BCUT2D eigenvalue weighted by molar-refractivity contribution is 8.17. The van der Waals surface area contributed by atoms with E-state index in [1.807, 2.05) is 13.0 Å². The molecule has 1 N–H and O–H groups in total. The summed E-state index contributed by atoms with van der Waals surface area (Å²) in [6, 6.07) is 6.10. The minimum atomic E-state index is -0.498. The first kappa shape index (κ1) is 13.6. The number of fused-ring (bicyclic) bond motifs is 2. The first-order valence-corrected chi connectivity index (χ1v) is 8.82. The zero-order chi connectivity index (χ0) is 14.6. The van der Waals surface area contributed by atoms with Crippen molar-refractivity contribution in [3.8, 4) is 0 Å². The molecular formula is C15H13ClN2OS2. The summed E-state index contributed by atoms with van der Waals surface area (Å²) in [7, 11) is 0. The molecule has 1 aromatic carbocycles. The monoisotopic (exact) mass is 336 g/mol. The fourth-order valence-electron chi connectivity index (χ4n) is 2.80. The van der Waals surface area contributed by atoms with Crippen LogP contribution in [0.4, 0.5) is 0 Å². The summed E-state index contributed by atoms with van der Waals surface area (Å²) >= 11 is 9.52. The summed E-state index contributed by atoms with van der Waals surface area (Å²) in [4.78, 5) is 7.71. The van der Waals surface area contributed by atoms with Crippen LogP contribution in [-0.4, -0.2) is 34.4 Å². The van der Waals surface area contributed by atoms with E-state index in [9.17, 15) is 5.11 Å². The maximum Gasteiger partial charge on any atom is 0.168 e. The molecule has 0 aliphatic carbocycles. The van der Waals surface area contributed by atoms with Gasteiger partial charge in [0.1, 0.15) is 0 Å². The van der Waals surface area contributed by atoms with E-state index in [2.05, 4.69) is 27.4 Å². The van der Waals surface area contributed by atoms with Crippen molar-refractivity contribution >= 4 is 55.7 Å². The van der Waals surface area contributed by atoms with Crippen molar-refractivity contribution < 1.29 is 5.11 Å². The van der Waals surface area contributed by atoms with Gasteiger partial charge >= 0.3 is 0 Å². The van der Waals surface area contributed by atoms with Gasteiger partial charge in [-0.15, -0.1) is 11.3 Å². The Hall–Kier alpha value is -1.01. The standard InChI is InChI=1S/C15H13ClN2OS2/c1-8(19)13-12(18-6-5-17-15(18)21-13)9-2-3-11(16)14-10(9)4-7-20-14/h2-4,7-8,19H,5-6H2,1H3. The van der Waals surface area contributed by atoms with E-state index in [1.165, 1.54) is 0 Å². The van der Waals surface area contributed by atoms with Gasteiger partial charge in [-0.1, -0.05) is 29.4 Å². The van der Waals surface area contributed by atoms with Crippen molar-refractivity contribution in [2.75, 3.05) is 13.1 Å². The number of aliphatic imine (C=N–C) groups is 1. The van der Waals surface area contributed by atoms with Gasteiger partial charge in [0.25, 0.3) is 0 Å². The topological polar surface area (TPSA) is 35.8 Å². The predicted octanol–water partition coefficient (Wildman–Crippen LogP) is 4.02. The summed E-state index contributed by atoms with van der Waals surface area (Å²) in [5.41, 5.74) is 2.22. The van der Waals surface area contributed by atoms with Crippen molar-refractivity contribution in [2.24, 2.45) is 4.99 Å². The van der Waals surface area contributed by atoms with Gasteiger partial charge in [0.15, 0.2) is 5.17 Å². The molecule has 0 spiro atoms. The Kier molecular flexibility index (Phi) is 3.26. The van der Waals surface area contributed by atoms with E-state index >= 15 is 0 Å². The molecule has 0 saturated carbocycles. The van der Waals surface area contributed by atoms with Gasteiger partial charge in [0, 0.05) is 22.4 Å². The Labute approximate surface area is 135 Å². The van der Waals surface area contributed by atoms with Crippen LogP contribution in [0, 0.1) is 0 Å². The number of aliphatic hydroxyl groups is 1. The maximum absolute atomic E-state index is 10.1. The third-order valence-electron chi connectivity index (χ3n) is 3.71. The van der Waals surface area contributed by atoms with E-state index in [0.717, 1.165) is 49.5 Å². The third-order valence-corrected chi connectivity index (χ3v) is 6.37. The van der Waals surface area contributed by atoms with E-state index in [1.54, 1.807) is 23.1 Å². The lowest BCUT2D eigenvalue weighted by molar-refractivity contribution is 0.240. The number of halogens is 1. The average Bonchev–Trinajstić information content (AvgIpc) is 3.13. The molecule has 21 heavy (non-hydrogen) atoms. The average molecular weight is 337 g/mol. The highest BCUT2D eigenvalue weighted by Crippen LogP contribution is 2.46. The highest BCUT2D eigenvalue weighted by atomic mass is 35.5. The maximum atomic E-state index is 10.1. The van der Waals surface area contributed by atoms with Crippen molar-refractivity contribution in [1.29, 1.82) is 0 Å². The van der Waals surface area contributed by atoms with Gasteiger partial charge in [0.2, 0.25) is 0 Å². The molecule has 1 atom stereocenters. The number of thiophene rings is 1. The molecule has 1 unspecified atom stereocenters. The SMILES string of the molecule is CC(O)C1=C(c2ccc(Cl)c3sccc23)N2CCN=C2S1. The molecule has 6 heteroatoms. The number of aliphatic hydroxyl groups excluding tert-OH is 1. The summed E-state index contributed by atoms with van der Waals surface area (Å²) in [6.07, 6.45) is -0.498. The number of amidine groups is 1. The van der Waals surface area contributed by atoms with Crippen molar-refractivity contribution in [3.05, 3.63) is 39.1 Å². The minimum absolute atomic E-state index is 0.498. The lowest BCUT2D eigenvalue weighted by Gasteiger charge is -2.19. The molecule has 2 aliphatic rings. The van der Waals surface area contributed by atoms with E-state index in [-0.39, 0.29) is 0 Å². The van der Waals surface area contributed by atoms with Crippen LogP contribution >= 0.6 is 34.7 Å². The third kappa shape index (κ3) is 2.03. The fraction of sp³-hybridized carbons (Fsp3) is 0.267. The zero-order valence-electron chi connectivity index (χ0n) is 11.3. The molecule has 2 aliphatic heterocycles. The second-order valence-electron chi connectivity index (χ2n) is 5.07. The molecule has 0 radical (unpaired) electrons. The van der Waals surface area contributed by atoms with Crippen molar-refractivity contribution in [3.63, 3.8) is 0 Å². The normalized spacial score (nSPS) is 19.4. The lowest BCUT2D eigenvalue weighted by atomic mass is 10.0. The number of nitrogens with zero attached hydrogens (tertiary/aromatic N) is 2. The highest BCUT2D eigenvalue weighted by Gasteiger charge is 2.35. The van der Waals surface area contributed by atoms with Gasteiger partial charge in [-0.05, 0) is 24.4 Å². The second kappa shape index (κ2) is 5.02. The van der Waals surface area contributed by atoms with Crippen molar-refractivity contribution in [1.82, 2.24) is 4.90 Å². The van der Waals surface area contributed by atoms with Crippen LogP contribution in [0.2, 0.25) is 5.02 Å². The summed E-state index contributed by atoms with van der Waals surface area (Å²) in [5, 5.41) is 15.1. The molecule has 2 aromatic rings. The Balaban J connectivity index is 1.97. The predicted molar refractivity (Wildman–Crippen MR) is 92.0 cm³/mol. The number of thioether (sulfide) groups is 1. The molecular weight excluding hydrogens is 324 g/mol. The summed E-state index contributed by atoms with van der Waals surface area (Å²) in [6.45, 7) is 3.51. The fourth-order valence-corrected chi connectivity index (χ4v) is 5.05. The van der Waals surface area contributed by atoms with E-state index in [4.69, 9.17) is 11.6 Å². The molecule has 1 aromatic heterocycles. The van der Waals surface area contributed by atoms with Gasteiger partial charge in [-0.3, -0.25) is 4.99 Å². The van der Waals surface area contributed by atoms with E-state index in [0.29, 0.717) is 0 Å². The number of benzene rings is 1. The van der Waals surface area contributed by atoms with E-state index < -0.39 is 6.10 Å². The quantitative estimate of drug-likeness (QED) is 0.899. The smallest absolute Gasteiger partial charge is 0.168 e. The Morgan fingerprint density at radius 2 is 2.24 bits per heavy atom. The Morgan fingerprint density at radius 3 is 3.05 bits per heavy atom.